The quantitative estimate of drug-likeness (QED) is 0.519. The predicted octanol–water partition coefficient (Wildman–Crippen LogP) is 1.73. The number of aliphatic hydroxyl groups is 1. The second-order valence-electron chi connectivity index (χ2n) is 7.55. The van der Waals surface area contributed by atoms with Gasteiger partial charge in [0, 0.05) is 6.54 Å². The van der Waals surface area contributed by atoms with Crippen molar-refractivity contribution in [1.82, 2.24) is 10.0 Å². The lowest BCUT2D eigenvalue weighted by Crippen LogP contribution is -2.51. The molecule has 1 heterocycles. The highest BCUT2D eigenvalue weighted by molar-refractivity contribution is 7.89. The maximum Gasteiger partial charge on any atom is 0.244 e. The van der Waals surface area contributed by atoms with Crippen molar-refractivity contribution < 1.29 is 32.2 Å². The molecule has 0 radical (unpaired) electrons. The van der Waals surface area contributed by atoms with E-state index in [0.29, 0.717) is 18.4 Å². The zero-order chi connectivity index (χ0) is 23.1. The van der Waals surface area contributed by atoms with Gasteiger partial charge in [0.05, 0.1) is 38.4 Å². The molecule has 2 aromatic carbocycles. The Morgan fingerprint density at radius 3 is 2.72 bits per heavy atom. The van der Waals surface area contributed by atoms with Crippen LogP contribution in [0.2, 0.25) is 0 Å². The maximum absolute atomic E-state index is 13.2. The van der Waals surface area contributed by atoms with Crippen LogP contribution in [0.1, 0.15) is 24.8 Å². The maximum atomic E-state index is 13.2. The van der Waals surface area contributed by atoms with Crippen LogP contribution in [-0.4, -0.2) is 51.4 Å². The summed E-state index contributed by atoms with van der Waals surface area (Å²) in [6.07, 6.45) is -0.386. The summed E-state index contributed by atoms with van der Waals surface area (Å²) in [5, 5.41) is 12.5. The lowest BCUT2D eigenvalue weighted by atomic mass is 9.98. The summed E-state index contributed by atoms with van der Waals surface area (Å²) < 4.78 is 52.4. The van der Waals surface area contributed by atoms with Gasteiger partial charge >= 0.3 is 0 Å². The molecule has 3 N–H and O–H groups in total. The minimum absolute atomic E-state index is 0.00182. The standard InChI is InChI=1S/C22H27FN2O6S/c1-30-19-7-2-3-8-21(19)32(28,29)25-18-10-9-17(31-20(18)14-26)12-22(27)24-13-15-5-4-6-16(23)11-15/h2-8,11,17-18,20,25-26H,9-10,12-14H2,1H3,(H,24,27)/t17-,18-,20+/m1/s1. The molecule has 8 nitrogen and oxygen atoms in total. The molecular weight excluding hydrogens is 439 g/mol. The summed E-state index contributed by atoms with van der Waals surface area (Å²) in [5.41, 5.74) is 0.641. The highest BCUT2D eigenvalue weighted by Crippen LogP contribution is 2.26. The minimum Gasteiger partial charge on any atom is -0.495 e. The van der Waals surface area contributed by atoms with E-state index in [2.05, 4.69) is 10.0 Å². The van der Waals surface area contributed by atoms with Crippen LogP contribution in [0.3, 0.4) is 0 Å². The van der Waals surface area contributed by atoms with Crippen LogP contribution < -0.4 is 14.8 Å². The van der Waals surface area contributed by atoms with Crippen LogP contribution in [0.4, 0.5) is 4.39 Å². The zero-order valence-corrected chi connectivity index (χ0v) is 18.5. The van der Waals surface area contributed by atoms with Crippen LogP contribution in [-0.2, 0) is 26.1 Å². The average Bonchev–Trinajstić information content (AvgIpc) is 2.78. The van der Waals surface area contributed by atoms with Crippen LogP contribution >= 0.6 is 0 Å². The van der Waals surface area contributed by atoms with Gasteiger partial charge < -0.3 is 19.9 Å². The van der Waals surface area contributed by atoms with Gasteiger partial charge in [-0.15, -0.1) is 0 Å². The smallest absolute Gasteiger partial charge is 0.244 e. The van der Waals surface area contributed by atoms with Crippen LogP contribution in [0.15, 0.2) is 53.4 Å². The molecule has 3 atom stereocenters. The van der Waals surface area contributed by atoms with E-state index >= 15 is 0 Å². The molecule has 1 amide bonds. The molecule has 1 fully saturated rings. The summed E-state index contributed by atoms with van der Waals surface area (Å²) in [6.45, 7) is -0.214. The average molecular weight is 467 g/mol. The van der Waals surface area contributed by atoms with Crippen molar-refractivity contribution in [2.24, 2.45) is 0 Å². The number of amides is 1. The van der Waals surface area contributed by atoms with E-state index in [9.17, 15) is 22.7 Å². The summed E-state index contributed by atoms with van der Waals surface area (Å²) in [4.78, 5) is 12.3. The van der Waals surface area contributed by atoms with Crippen LogP contribution in [0.5, 0.6) is 5.75 Å². The summed E-state index contributed by atoms with van der Waals surface area (Å²) in [6, 6.07) is 11.5. The van der Waals surface area contributed by atoms with Crippen molar-refractivity contribution in [3.8, 4) is 5.75 Å². The summed E-state index contributed by atoms with van der Waals surface area (Å²) >= 11 is 0. The number of benzene rings is 2. The molecule has 0 bridgehead atoms. The molecule has 0 aliphatic carbocycles. The van der Waals surface area contributed by atoms with Gasteiger partial charge in [0.1, 0.15) is 16.5 Å². The largest absolute Gasteiger partial charge is 0.495 e. The number of ether oxygens (including phenoxy) is 2. The molecule has 1 saturated heterocycles. The second kappa shape index (κ2) is 10.9. The van der Waals surface area contributed by atoms with Crippen LogP contribution in [0, 0.1) is 5.82 Å². The van der Waals surface area contributed by atoms with Crippen molar-refractivity contribution in [1.29, 1.82) is 0 Å². The first-order valence-corrected chi connectivity index (χ1v) is 11.7. The molecule has 1 aliphatic rings. The van der Waals surface area contributed by atoms with E-state index in [1.807, 2.05) is 0 Å². The number of aliphatic hydroxyl groups excluding tert-OH is 1. The van der Waals surface area contributed by atoms with E-state index in [4.69, 9.17) is 9.47 Å². The number of carbonyl (C=O) groups excluding carboxylic acids is 1. The van der Waals surface area contributed by atoms with Crippen LogP contribution in [0.25, 0.3) is 0 Å². The van der Waals surface area contributed by atoms with Gasteiger partial charge in [0.15, 0.2) is 0 Å². The zero-order valence-electron chi connectivity index (χ0n) is 17.7. The van der Waals surface area contributed by atoms with Gasteiger partial charge in [0.25, 0.3) is 0 Å². The molecule has 0 unspecified atom stereocenters. The van der Waals surface area contributed by atoms with E-state index in [0.717, 1.165) is 0 Å². The molecule has 0 saturated carbocycles. The molecule has 174 valence electrons. The normalized spacial score (nSPS) is 21.2. The SMILES string of the molecule is COc1ccccc1S(=O)(=O)N[C@@H]1CC[C@H](CC(=O)NCc2cccc(F)c2)O[C@H]1CO. The highest BCUT2D eigenvalue weighted by Gasteiger charge is 2.35. The fourth-order valence-electron chi connectivity index (χ4n) is 3.65. The Morgan fingerprint density at radius 1 is 1.22 bits per heavy atom. The molecule has 0 aromatic heterocycles. The molecular formula is C22H27FN2O6S. The van der Waals surface area contributed by atoms with Gasteiger partial charge in [-0.3, -0.25) is 4.79 Å². The molecule has 2 aromatic rings. The predicted molar refractivity (Wildman–Crippen MR) is 115 cm³/mol. The lowest BCUT2D eigenvalue weighted by Gasteiger charge is -2.35. The highest BCUT2D eigenvalue weighted by atomic mass is 32.2. The molecule has 3 rings (SSSR count). The topological polar surface area (TPSA) is 114 Å². The van der Waals surface area contributed by atoms with Gasteiger partial charge in [-0.05, 0) is 42.7 Å². The molecule has 1 aliphatic heterocycles. The van der Waals surface area contributed by atoms with Crippen molar-refractivity contribution in [2.45, 2.75) is 49.0 Å². The first-order chi connectivity index (χ1) is 15.3. The van der Waals surface area contributed by atoms with Crippen molar-refractivity contribution in [2.75, 3.05) is 13.7 Å². The summed E-state index contributed by atoms with van der Waals surface area (Å²) in [7, 11) is -2.52. The monoisotopic (exact) mass is 466 g/mol. The van der Waals surface area contributed by atoms with Gasteiger partial charge in [-0.25, -0.2) is 17.5 Å². The Morgan fingerprint density at radius 2 is 2.00 bits per heavy atom. The van der Waals surface area contributed by atoms with E-state index in [-0.39, 0.29) is 35.3 Å². The van der Waals surface area contributed by atoms with Crippen molar-refractivity contribution >= 4 is 15.9 Å². The fourth-order valence-corrected chi connectivity index (χ4v) is 5.12. The lowest BCUT2D eigenvalue weighted by molar-refractivity contribution is -0.130. The number of para-hydroxylation sites is 1. The van der Waals surface area contributed by atoms with Gasteiger partial charge in [0.2, 0.25) is 15.9 Å². The molecule has 0 spiro atoms. The third kappa shape index (κ3) is 6.26. The Hall–Kier alpha value is -2.53. The van der Waals surface area contributed by atoms with Crippen molar-refractivity contribution in [3.05, 3.63) is 59.9 Å². The Labute approximate surface area is 186 Å². The number of hydrogen-bond donors (Lipinski definition) is 3. The Bertz CT molecular complexity index is 1030. The second-order valence-corrected chi connectivity index (χ2v) is 9.23. The first kappa shape index (κ1) is 24.1. The number of sulfonamides is 1. The third-order valence-corrected chi connectivity index (χ3v) is 6.78. The van der Waals surface area contributed by atoms with E-state index in [1.54, 1.807) is 30.3 Å². The van der Waals surface area contributed by atoms with Gasteiger partial charge in [-0.2, -0.15) is 0 Å². The Balaban J connectivity index is 1.55. The number of rotatable bonds is 9. The molecule has 32 heavy (non-hydrogen) atoms. The van der Waals surface area contributed by atoms with E-state index < -0.39 is 34.9 Å². The third-order valence-electron chi connectivity index (χ3n) is 5.25. The number of carbonyl (C=O) groups is 1. The fraction of sp³-hybridized carbons (Fsp3) is 0.409. The number of nitrogens with one attached hydrogen (secondary N) is 2. The first-order valence-electron chi connectivity index (χ1n) is 10.2. The minimum atomic E-state index is -3.91. The number of hydrogen-bond acceptors (Lipinski definition) is 6. The summed E-state index contributed by atoms with van der Waals surface area (Å²) in [5.74, 6) is -0.436. The van der Waals surface area contributed by atoms with Gasteiger partial charge in [-0.1, -0.05) is 24.3 Å². The Kier molecular flexibility index (Phi) is 8.19. The van der Waals surface area contributed by atoms with E-state index in [1.165, 1.54) is 25.3 Å². The number of halogens is 1. The van der Waals surface area contributed by atoms with Crippen molar-refractivity contribution in [3.63, 3.8) is 0 Å². The molecule has 10 heteroatoms. The number of methoxy groups -OCH3 is 1.